The standard InChI is InChI=1S/C26H51NO4/c1-2-3-4-5-6-7-8-9-10-11-12-13-14-15-16-17-18-19-20-21-24(29)25(27)26(30)31-23-22-28/h25,28H,2-23,27H2,1H3. The van der Waals surface area contributed by atoms with Gasteiger partial charge in [0.1, 0.15) is 6.61 Å². The van der Waals surface area contributed by atoms with Crippen molar-refractivity contribution >= 4 is 11.8 Å². The summed E-state index contributed by atoms with van der Waals surface area (Å²) in [5, 5.41) is 8.61. The average Bonchev–Trinajstić information content (AvgIpc) is 2.78. The van der Waals surface area contributed by atoms with E-state index in [-0.39, 0.29) is 19.0 Å². The molecule has 1 unspecified atom stereocenters. The number of ketones is 1. The van der Waals surface area contributed by atoms with Crippen molar-refractivity contribution in [3.63, 3.8) is 0 Å². The molecular formula is C26H51NO4. The first-order valence-electron chi connectivity index (χ1n) is 13.2. The van der Waals surface area contributed by atoms with Gasteiger partial charge in [0.15, 0.2) is 11.8 Å². The molecule has 0 radical (unpaired) electrons. The van der Waals surface area contributed by atoms with Gasteiger partial charge < -0.3 is 15.6 Å². The lowest BCUT2D eigenvalue weighted by molar-refractivity contribution is -0.148. The Labute approximate surface area is 191 Å². The van der Waals surface area contributed by atoms with Gasteiger partial charge in [-0.05, 0) is 6.42 Å². The molecule has 0 aromatic carbocycles. The van der Waals surface area contributed by atoms with Crippen LogP contribution in [0.25, 0.3) is 0 Å². The van der Waals surface area contributed by atoms with Crippen LogP contribution in [0.2, 0.25) is 0 Å². The first kappa shape index (κ1) is 30.1. The molecule has 31 heavy (non-hydrogen) atoms. The van der Waals surface area contributed by atoms with Crippen LogP contribution in [0.5, 0.6) is 0 Å². The van der Waals surface area contributed by atoms with Gasteiger partial charge in [-0.1, -0.05) is 122 Å². The number of esters is 1. The Balaban J connectivity index is 3.26. The molecule has 0 amide bonds. The number of unbranched alkanes of at least 4 members (excludes halogenated alkanes) is 18. The number of hydrogen-bond donors (Lipinski definition) is 2. The summed E-state index contributed by atoms with van der Waals surface area (Å²) in [5.74, 6) is -1.01. The van der Waals surface area contributed by atoms with Crippen LogP contribution < -0.4 is 5.73 Å². The van der Waals surface area contributed by atoms with Crippen LogP contribution in [0.3, 0.4) is 0 Å². The minimum Gasteiger partial charge on any atom is -0.462 e. The number of ether oxygens (including phenoxy) is 1. The van der Waals surface area contributed by atoms with Crippen molar-refractivity contribution in [3.8, 4) is 0 Å². The average molecular weight is 442 g/mol. The molecule has 0 aromatic rings. The summed E-state index contributed by atoms with van der Waals surface area (Å²) in [6.07, 6.45) is 25.3. The van der Waals surface area contributed by atoms with E-state index in [1.807, 2.05) is 0 Å². The monoisotopic (exact) mass is 441 g/mol. The molecule has 1 atom stereocenters. The summed E-state index contributed by atoms with van der Waals surface area (Å²) in [6, 6.07) is -1.21. The second-order valence-corrected chi connectivity index (χ2v) is 8.95. The van der Waals surface area contributed by atoms with Crippen LogP contribution in [0.1, 0.15) is 135 Å². The third kappa shape index (κ3) is 20.7. The number of rotatable bonds is 24. The molecule has 184 valence electrons. The lowest BCUT2D eigenvalue weighted by Gasteiger charge is -2.09. The van der Waals surface area contributed by atoms with E-state index in [1.165, 1.54) is 103 Å². The van der Waals surface area contributed by atoms with Crippen LogP contribution in [0.4, 0.5) is 0 Å². The van der Waals surface area contributed by atoms with Crippen molar-refractivity contribution in [1.82, 2.24) is 0 Å². The van der Waals surface area contributed by atoms with E-state index < -0.39 is 12.0 Å². The molecule has 3 N–H and O–H groups in total. The number of aliphatic hydroxyl groups excluding tert-OH is 1. The molecule has 0 heterocycles. The van der Waals surface area contributed by atoms with E-state index >= 15 is 0 Å². The first-order chi connectivity index (χ1) is 15.1. The number of carbonyl (C=O) groups excluding carboxylic acids is 2. The van der Waals surface area contributed by atoms with Crippen LogP contribution >= 0.6 is 0 Å². The highest BCUT2D eigenvalue weighted by atomic mass is 16.5. The van der Waals surface area contributed by atoms with Gasteiger partial charge in [-0.2, -0.15) is 0 Å². The van der Waals surface area contributed by atoms with Crippen molar-refractivity contribution in [2.75, 3.05) is 13.2 Å². The fourth-order valence-corrected chi connectivity index (χ4v) is 3.90. The highest BCUT2D eigenvalue weighted by molar-refractivity contribution is 6.02. The molecule has 5 heteroatoms. The fourth-order valence-electron chi connectivity index (χ4n) is 3.90. The highest BCUT2D eigenvalue weighted by Gasteiger charge is 2.22. The van der Waals surface area contributed by atoms with Gasteiger partial charge in [-0.25, -0.2) is 4.79 Å². The Hall–Kier alpha value is -0.940. The van der Waals surface area contributed by atoms with Gasteiger partial charge in [-0.3, -0.25) is 4.79 Å². The Morgan fingerprint density at radius 2 is 1.03 bits per heavy atom. The first-order valence-corrected chi connectivity index (χ1v) is 13.2. The molecule has 0 aliphatic heterocycles. The van der Waals surface area contributed by atoms with Crippen molar-refractivity contribution in [3.05, 3.63) is 0 Å². The molecule has 0 spiro atoms. The van der Waals surface area contributed by atoms with Gasteiger partial charge in [0, 0.05) is 6.42 Å². The van der Waals surface area contributed by atoms with Crippen LogP contribution in [-0.2, 0) is 14.3 Å². The lowest BCUT2D eigenvalue weighted by atomic mass is 10.0. The SMILES string of the molecule is CCCCCCCCCCCCCCCCCCCCCC(=O)C(N)C(=O)OCCO. The van der Waals surface area contributed by atoms with Crippen LogP contribution in [0, 0.1) is 0 Å². The van der Waals surface area contributed by atoms with E-state index in [0.29, 0.717) is 6.42 Å². The van der Waals surface area contributed by atoms with Gasteiger partial charge in [-0.15, -0.1) is 0 Å². The molecule has 0 saturated carbocycles. The maximum Gasteiger partial charge on any atom is 0.330 e. The molecule has 0 aromatic heterocycles. The zero-order valence-electron chi connectivity index (χ0n) is 20.4. The van der Waals surface area contributed by atoms with Crippen molar-refractivity contribution < 1.29 is 19.4 Å². The zero-order chi connectivity index (χ0) is 23.0. The van der Waals surface area contributed by atoms with Gasteiger partial charge in [0.2, 0.25) is 0 Å². The Morgan fingerprint density at radius 3 is 1.39 bits per heavy atom. The predicted molar refractivity (Wildman–Crippen MR) is 129 cm³/mol. The minimum atomic E-state index is -1.21. The van der Waals surface area contributed by atoms with Gasteiger partial charge >= 0.3 is 5.97 Å². The van der Waals surface area contributed by atoms with Crippen molar-refractivity contribution in [2.24, 2.45) is 5.73 Å². The molecule has 0 aliphatic carbocycles. The third-order valence-electron chi connectivity index (χ3n) is 5.96. The second-order valence-electron chi connectivity index (χ2n) is 8.95. The number of Topliss-reactive ketones (excluding diaryl/α,β-unsaturated/α-hetero) is 1. The maximum atomic E-state index is 11.8. The number of nitrogens with two attached hydrogens (primary N) is 1. The smallest absolute Gasteiger partial charge is 0.330 e. The van der Waals surface area contributed by atoms with E-state index in [1.54, 1.807) is 0 Å². The van der Waals surface area contributed by atoms with E-state index in [0.717, 1.165) is 19.3 Å². The van der Waals surface area contributed by atoms with Crippen molar-refractivity contribution in [2.45, 2.75) is 141 Å². The number of hydrogen-bond acceptors (Lipinski definition) is 5. The minimum absolute atomic E-state index is 0.112. The number of aliphatic hydroxyl groups is 1. The van der Waals surface area contributed by atoms with E-state index in [2.05, 4.69) is 11.7 Å². The summed E-state index contributed by atoms with van der Waals surface area (Å²) < 4.78 is 4.68. The lowest BCUT2D eigenvalue weighted by Crippen LogP contribution is -2.40. The van der Waals surface area contributed by atoms with Gasteiger partial charge in [0.25, 0.3) is 0 Å². The quantitative estimate of drug-likeness (QED) is 0.105. The number of carbonyl (C=O) groups is 2. The summed E-state index contributed by atoms with van der Waals surface area (Å²) in [7, 11) is 0. The molecule has 5 nitrogen and oxygen atoms in total. The summed E-state index contributed by atoms with van der Waals surface area (Å²) >= 11 is 0. The van der Waals surface area contributed by atoms with Crippen LogP contribution in [-0.4, -0.2) is 36.1 Å². The topological polar surface area (TPSA) is 89.6 Å². The highest BCUT2D eigenvalue weighted by Crippen LogP contribution is 2.15. The van der Waals surface area contributed by atoms with Gasteiger partial charge in [0.05, 0.1) is 6.61 Å². The van der Waals surface area contributed by atoms with Crippen LogP contribution in [0.15, 0.2) is 0 Å². The summed E-state index contributed by atoms with van der Waals surface area (Å²) in [4.78, 5) is 23.3. The largest absolute Gasteiger partial charge is 0.462 e. The van der Waals surface area contributed by atoms with E-state index in [4.69, 9.17) is 10.8 Å². The summed E-state index contributed by atoms with van der Waals surface area (Å²) in [6.45, 7) is 1.90. The maximum absolute atomic E-state index is 11.8. The molecule has 0 aliphatic rings. The zero-order valence-corrected chi connectivity index (χ0v) is 20.4. The summed E-state index contributed by atoms with van der Waals surface area (Å²) in [5.41, 5.74) is 5.58. The fraction of sp³-hybridized carbons (Fsp3) is 0.923. The molecule has 0 bridgehead atoms. The van der Waals surface area contributed by atoms with E-state index in [9.17, 15) is 9.59 Å². The molecule has 0 saturated heterocycles. The predicted octanol–water partition coefficient (Wildman–Crippen LogP) is 6.24. The Bertz CT molecular complexity index is 414. The second kappa shape index (κ2) is 23.7. The van der Waals surface area contributed by atoms with Crippen molar-refractivity contribution in [1.29, 1.82) is 0 Å². The molecule has 0 rings (SSSR count). The molecule has 0 fully saturated rings. The Kier molecular flexibility index (Phi) is 23.0. The molecular weight excluding hydrogens is 390 g/mol. The normalized spacial score (nSPS) is 12.1. The Morgan fingerprint density at radius 1 is 0.677 bits per heavy atom. The third-order valence-corrected chi connectivity index (χ3v) is 5.96.